The van der Waals surface area contributed by atoms with Crippen molar-refractivity contribution < 1.29 is 71.0 Å². The van der Waals surface area contributed by atoms with Crippen molar-refractivity contribution in [3.63, 3.8) is 0 Å². The molecule has 0 spiro atoms. The maximum atomic E-state index is 15.4. The first-order valence-electron chi connectivity index (χ1n) is 14.1. The van der Waals surface area contributed by atoms with Crippen molar-refractivity contribution >= 4 is 50.4 Å². The molecular formula is C34H10BF13O3. The number of benzene rings is 7. The summed E-state index contributed by atoms with van der Waals surface area (Å²) >= 11 is 0. The Morgan fingerprint density at radius 3 is 1.12 bits per heavy atom. The molecule has 0 N–H and O–H groups in total. The molecule has 0 fully saturated rings. The summed E-state index contributed by atoms with van der Waals surface area (Å²) in [5, 5.41) is -5.27. The van der Waals surface area contributed by atoms with E-state index in [9.17, 15) is 39.5 Å². The van der Waals surface area contributed by atoms with E-state index < -0.39 is 133 Å². The van der Waals surface area contributed by atoms with Crippen LogP contribution in [0.25, 0.3) is 43.1 Å². The third kappa shape index (κ3) is 5.34. The van der Waals surface area contributed by atoms with Crippen molar-refractivity contribution in [2.45, 2.75) is 0 Å². The lowest BCUT2D eigenvalue weighted by atomic mass is 10.00. The van der Waals surface area contributed by atoms with Crippen LogP contribution in [0.4, 0.5) is 57.1 Å². The summed E-state index contributed by atoms with van der Waals surface area (Å²) in [5.74, 6) is -28.8. The third-order valence-corrected chi connectivity index (χ3v) is 7.87. The number of hydrogen-bond donors (Lipinski definition) is 0. The minimum atomic E-state index is -3.04. The van der Waals surface area contributed by atoms with Gasteiger partial charge in [0, 0.05) is 32.3 Å². The molecule has 7 aromatic rings. The molecule has 0 radical (unpaired) electrons. The molecule has 7 aromatic carbocycles. The van der Waals surface area contributed by atoms with E-state index in [2.05, 4.69) is 0 Å². The van der Waals surface area contributed by atoms with Crippen molar-refractivity contribution in [2.75, 3.05) is 0 Å². The Bertz CT molecular complexity index is 2480. The highest BCUT2D eigenvalue weighted by Crippen LogP contribution is 2.41. The van der Waals surface area contributed by atoms with Crippen LogP contribution in [-0.4, -0.2) is 7.32 Å². The van der Waals surface area contributed by atoms with Gasteiger partial charge in [-0.3, -0.25) is 0 Å². The average molecular weight is 724 g/mol. The fourth-order valence-electron chi connectivity index (χ4n) is 5.43. The van der Waals surface area contributed by atoms with Crippen molar-refractivity contribution in [1.29, 1.82) is 0 Å². The topological polar surface area (TPSA) is 27.7 Å². The van der Waals surface area contributed by atoms with Gasteiger partial charge in [-0.25, -0.2) is 43.9 Å². The van der Waals surface area contributed by atoms with E-state index in [0.717, 1.165) is 24.3 Å². The quantitative estimate of drug-likeness (QED) is 0.0562. The lowest BCUT2D eigenvalue weighted by Crippen LogP contribution is -2.38. The second-order valence-corrected chi connectivity index (χ2v) is 10.8. The van der Waals surface area contributed by atoms with E-state index >= 15 is 17.6 Å². The zero-order chi connectivity index (χ0) is 36.6. The van der Waals surface area contributed by atoms with Crippen LogP contribution >= 0.6 is 0 Å². The minimum Gasteiger partial charge on any atom is -0.486 e. The van der Waals surface area contributed by atoms with E-state index in [0.29, 0.717) is 36.4 Å². The molecule has 0 aliphatic rings. The summed E-state index contributed by atoms with van der Waals surface area (Å²) in [4.78, 5) is 0. The molecule has 7 rings (SSSR count). The summed E-state index contributed by atoms with van der Waals surface area (Å²) in [6.07, 6.45) is 0. The van der Waals surface area contributed by atoms with E-state index in [1.54, 1.807) is 0 Å². The van der Waals surface area contributed by atoms with Gasteiger partial charge in [0.05, 0.1) is 0 Å². The number of halogens is 13. The van der Waals surface area contributed by atoms with Gasteiger partial charge in [-0.05, 0) is 59.3 Å². The lowest BCUT2D eigenvalue weighted by molar-refractivity contribution is 0.276. The molecule has 0 saturated heterocycles. The molecule has 0 heterocycles. The van der Waals surface area contributed by atoms with E-state index in [1.807, 2.05) is 0 Å². The molecule has 0 aliphatic heterocycles. The first kappa shape index (κ1) is 33.6. The highest BCUT2D eigenvalue weighted by Gasteiger charge is 2.39. The molecule has 258 valence electrons. The van der Waals surface area contributed by atoms with Crippen molar-refractivity contribution in [3.05, 3.63) is 136 Å². The van der Waals surface area contributed by atoms with Crippen LogP contribution in [-0.2, 0) is 0 Å². The number of hydrogen-bond acceptors (Lipinski definition) is 3. The Kier molecular flexibility index (Phi) is 8.03. The Labute approximate surface area is 275 Å². The summed E-state index contributed by atoms with van der Waals surface area (Å²) in [5.41, 5.74) is 0. The van der Waals surface area contributed by atoms with Gasteiger partial charge in [0.25, 0.3) is 0 Å². The average Bonchev–Trinajstić information content (AvgIpc) is 3.12. The maximum absolute atomic E-state index is 15.4. The predicted octanol–water partition coefficient (Wildman–Crippen LogP) is 10.6. The van der Waals surface area contributed by atoms with Crippen LogP contribution in [0.15, 0.2) is 60.7 Å². The molecule has 0 bridgehead atoms. The van der Waals surface area contributed by atoms with Crippen LogP contribution in [0.1, 0.15) is 0 Å². The van der Waals surface area contributed by atoms with Crippen LogP contribution in [0.5, 0.6) is 17.2 Å². The molecular weight excluding hydrogens is 714 g/mol. The predicted molar refractivity (Wildman–Crippen MR) is 156 cm³/mol. The largest absolute Gasteiger partial charge is 0.864 e. The van der Waals surface area contributed by atoms with Crippen LogP contribution < -0.4 is 14.0 Å². The second-order valence-electron chi connectivity index (χ2n) is 10.8. The lowest BCUT2D eigenvalue weighted by Gasteiger charge is -2.21. The van der Waals surface area contributed by atoms with Gasteiger partial charge in [-0.2, -0.15) is 13.2 Å². The first-order valence-corrected chi connectivity index (χ1v) is 14.1. The monoisotopic (exact) mass is 724 g/mol. The molecule has 0 unspecified atom stereocenters. The fraction of sp³-hybridized carbons (Fsp3) is 0. The standard InChI is InChI=1S/C34H10BF13O3/c36-19-3-1-11-7-17-15(9-13(11)23(19)40)25(42)28(45)30(47)32(17)49-35(51-34-22(39)6-5-21(38)27(34)44)50-33-18-8-12-2-4-20(37)24(41)14(12)10-16(18)26(43)29(46)31(33)48/h1-10H. The van der Waals surface area contributed by atoms with E-state index in [4.69, 9.17) is 14.0 Å². The van der Waals surface area contributed by atoms with Gasteiger partial charge >= 0.3 is 7.32 Å². The number of rotatable bonds is 6. The van der Waals surface area contributed by atoms with Gasteiger partial charge in [0.2, 0.25) is 17.5 Å². The highest BCUT2D eigenvalue weighted by molar-refractivity contribution is 6.40. The Balaban J connectivity index is 1.47. The van der Waals surface area contributed by atoms with Crippen LogP contribution in [0.2, 0.25) is 0 Å². The summed E-state index contributed by atoms with van der Waals surface area (Å²) < 4.78 is 207. The van der Waals surface area contributed by atoms with Gasteiger partial charge < -0.3 is 14.0 Å². The molecule has 0 atom stereocenters. The zero-order valence-electron chi connectivity index (χ0n) is 24.5. The highest BCUT2D eigenvalue weighted by atomic mass is 19.2. The zero-order valence-corrected chi connectivity index (χ0v) is 24.5. The smallest absolute Gasteiger partial charge is 0.486 e. The molecule has 0 aliphatic carbocycles. The summed E-state index contributed by atoms with van der Waals surface area (Å²) in [6, 6.07) is 6.43. The van der Waals surface area contributed by atoms with Crippen molar-refractivity contribution in [2.24, 2.45) is 0 Å². The normalized spacial score (nSPS) is 11.6. The van der Waals surface area contributed by atoms with Crippen LogP contribution in [0.3, 0.4) is 0 Å². The summed E-state index contributed by atoms with van der Waals surface area (Å²) in [6.45, 7) is 0. The molecule has 0 saturated carbocycles. The molecule has 0 aromatic heterocycles. The van der Waals surface area contributed by atoms with Gasteiger partial charge in [0.1, 0.15) is 0 Å². The maximum Gasteiger partial charge on any atom is 0.864 e. The van der Waals surface area contributed by atoms with Gasteiger partial charge in [-0.1, -0.05) is 12.1 Å². The SMILES string of the molecule is Fc1ccc(F)c(OB(Oc2c(F)c(F)c(F)c3cc4c(F)c(F)ccc4cc23)Oc2c(F)c(F)c(F)c3cc4c(F)c(F)ccc4cc23)c1F. The van der Waals surface area contributed by atoms with Crippen molar-refractivity contribution in [3.8, 4) is 17.2 Å². The Morgan fingerprint density at radius 2 is 0.667 bits per heavy atom. The first-order chi connectivity index (χ1) is 24.2. The van der Waals surface area contributed by atoms with Crippen molar-refractivity contribution in [1.82, 2.24) is 0 Å². The molecule has 17 heteroatoms. The molecule has 51 heavy (non-hydrogen) atoms. The third-order valence-electron chi connectivity index (χ3n) is 7.87. The summed E-state index contributed by atoms with van der Waals surface area (Å²) in [7, 11) is -3.04. The fourth-order valence-corrected chi connectivity index (χ4v) is 5.43. The van der Waals surface area contributed by atoms with Gasteiger partial charge in [-0.15, -0.1) is 0 Å². The van der Waals surface area contributed by atoms with E-state index in [-0.39, 0.29) is 10.8 Å². The Morgan fingerprint density at radius 1 is 0.294 bits per heavy atom. The van der Waals surface area contributed by atoms with Gasteiger partial charge in [0.15, 0.2) is 75.4 Å². The second kappa shape index (κ2) is 12.2. The molecule has 0 amide bonds. The van der Waals surface area contributed by atoms with Crippen LogP contribution in [0, 0.1) is 75.6 Å². The minimum absolute atomic E-state index is 0.259. The number of fused-ring (bicyclic) bond motifs is 4. The van der Waals surface area contributed by atoms with E-state index in [1.165, 1.54) is 0 Å². The Hall–Kier alpha value is -5.87. The molecule has 3 nitrogen and oxygen atoms in total.